The molecule has 0 fully saturated rings. The summed E-state index contributed by atoms with van der Waals surface area (Å²) in [6.07, 6.45) is 4.92. The first-order valence-electron chi connectivity index (χ1n) is 7.96. The summed E-state index contributed by atoms with van der Waals surface area (Å²) in [7, 11) is -0.757. The molecular formula is C18H17N3O4PS+. The minimum atomic E-state index is -2.62. The van der Waals surface area contributed by atoms with Gasteiger partial charge >= 0.3 is 8.25 Å². The second-order valence-corrected chi connectivity index (χ2v) is 7.26. The number of nitrogens with zero attached hydrogens (tertiary/aromatic N) is 2. The smallest absolute Gasteiger partial charge is 0.323 e. The van der Waals surface area contributed by atoms with Gasteiger partial charge in [0.05, 0.1) is 16.8 Å². The van der Waals surface area contributed by atoms with Crippen molar-refractivity contribution >= 4 is 37.3 Å². The van der Waals surface area contributed by atoms with Crippen LogP contribution in [-0.4, -0.2) is 20.6 Å². The van der Waals surface area contributed by atoms with Gasteiger partial charge in [0.25, 0.3) is 0 Å². The van der Waals surface area contributed by atoms with Crippen molar-refractivity contribution in [3.05, 3.63) is 65.2 Å². The molecule has 1 atom stereocenters. The Balaban J connectivity index is 1.64. The molecule has 0 aliphatic carbocycles. The third kappa shape index (κ3) is 5.18. The maximum Gasteiger partial charge on any atom is 0.695 e. The van der Waals surface area contributed by atoms with Gasteiger partial charge in [-0.3, -0.25) is 9.48 Å². The molecule has 1 unspecified atom stereocenters. The second kappa shape index (κ2) is 8.83. The quantitative estimate of drug-likeness (QED) is 0.461. The molecule has 0 spiro atoms. The zero-order chi connectivity index (χ0) is 19.2. The van der Waals surface area contributed by atoms with Crippen LogP contribution in [0.3, 0.4) is 0 Å². The minimum absolute atomic E-state index is 0.0341. The van der Waals surface area contributed by atoms with Gasteiger partial charge in [0, 0.05) is 28.9 Å². The molecule has 2 heterocycles. The van der Waals surface area contributed by atoms with Crippen molar-refractivity contribution in [3.8, 4) is 10.6 Å². The van der Waals surface area contributed by atoms with Crippen LogP contribution in [0.25, 0.3) is 16.6 Å². The number of nitrogens with one attached hydrogen (secondary N) is 1. The monoisotopic (exact) mass is 402 g/mol. The summed E-state index contributed by atoms with van der Waals surface area (Å²) in [5.74, 6) is -0.265. The maximum atomic E-state index is 12.2. The van der Waals surface area contributed by atoms with Crippen molar-refractivity contribution in [1.29, 1.82) is 0 Å². The number of anilines is 1. The molecule has 3 rings (SSSR count). The summed E-state index contributed by atoms with van der Waals surface area (Å²) in [6, 6.07) is 10.8. The van der Waals surface area contributed by atoms with Gasteiger partial charge in [-0.15, -0.1) is 20.8 Å². The Morgan fingerprint density at radius 2 is 2.15 bits per heavy atom. The first-order valence-corrected chi connectivity index (χ1v) is 9.97. The summed E-state index contributed by atoms with van der Waals surface area (Å²) in [4.78, 5) is 21.9. The largest absolute Gasteiger partial charge is 0.695 e. The zero-order valence-electron chi connectivity index (χ0n) is 14.4. The molecule has 1 aromatic carbocycles. The third-order valence-electron chi connectivity index (χ3n) is 3.70. The lowest BCUT2D eigenvalue weighted by Crippen LogP contribution is -2.07. The van der Waals surface area contributed by atoms with Crippen molar-refractivity contribution in [3.63, 3.8) is 0 Å². The molecule has 2 N–H and O–H groups in total. The topological polar surface area (TPSA) is 93.5 Å². The van der Waals surface area contributed by atoms with E-state index < -0.39 is 8.25 Å². The van der Waals surface area contributed by atoms with Crippen LogP contribution >= 0.6 is 19.6 Å². The Morgan fingerprint density at radius 1 is 1.37 bits per heavy atom. The number of hydrogen-bond donors (Lipinski definition) is 2. The van der Waals surface area contributed by atoms with Crippen LogP contribution in [0.2, 0.25) is 0 Å². The van der Waals surface area contributed by atoms with E-state index in [1.54, 1.807) is 52.6 Å². The Kier molecular flexibility index (Phi) is 6.26. The summed E-state index contributed by atoms with van der Waals surface area (Å²) in [5.41, 5.74) is 3.17. The van der Waals surface area contributed by atoms with Gasteiger partial charge < -0.3 is 5.32 Å². The standard InChI is InChI=1S/C18H16N3O4PS/c1-21-18(16-3-2-10-27-16)14(11-19-21)6-9-17(22)20-15-7-4-13(5-8-15)12-25-26(23)24/h2-11H,12H2,1H3,(H-,20,22,23,24)/p+1/b9-6+. The third-order valence-corrected chi connectivity index (χ3v) is 4.93. The number of carbonyl (C=O) groups excluding carboxylic acids is 1. The highest BCUT2D eigenvalue weighted by Gasteiger charge is 2.12. The van der Waals surface area contributed by atoms with Crippen molar-refractivity contribution in [2.75, 3.05) is 5.32 Å². The summed E-state index contributed by atoms with van der Waals surface area (Å²) >= 11 is 1.61. The van der Waals surface area contributed by atoms with Crippen LogP contribution in [-0.2, 0) is 27.5 Å². The lowest BCUT2D eigenvalue weighted by Gasteiger charge is -2.03. The zero-order valence-corrected chi connectivity index (χ0v) is 16.1. The molecule has 0 radical (unpaired) electrons. The molecule has 7 nitrogen and oxygen atoms in total. The average Bonchev–Trinajstić information content (AvgIpc) is 3.28. The predicted octanol–water partition coefficient (Wildman–Crippen LogP) is 3.97. The van der Waals surface area contributed by atoms with Gasteiger partial charge in [-0.1, -0.05) is 18.2 Å². The maximum absolute atomic E-state index is 12.2. The van der Waals surface area contributed by atoms with Crippen molar-refractivity contribution in [1.82, 2.24) is 9.78 Å². The molecule has 0 aliphatic rings. The molecule has 0 aliphatic heterocycles. The number of aromatic nitrogens is 2. The fourth-order valence-electron chi connectivity index (χ4n) is 2.45. The highest BCUT2D eigenvalue weighted by Crippen LogP contribution is 2.28. The molecule has 0 bridgehead atoms. The number of benzene rings is 1. The molecule has 9 heteroatoms. The van der Waals surface area contributed by atoms with Crippen molar-refractivity contribution in [2.24, 2.45) is 7.05 Å². The number of hydrogen-bond acceptors (Lipinski definition) is 5. The van der Waals surface area contributed by atoms with Crippen LogP contribution in [0, 0.1) is 0 Å². The van der Waals surface area contributed by atoms with Crippen LogP contribution < -0.4 is 5.32 Å². The minimum Gasteiger partial charge on any atom is -0.323 e. The van der Waals surface area contributed by atoms with E-state index in [2.05, 4.69) is 14.9 Å². The highest BCUT2D eigenvalue weighted by molar-refractivity contribution is 7.32. The van der Waals surface area contributed by atoms with Gasteiger partial charge in [0.15, 0.2) is 0 Å². The van der Waals surface area contributed by atoms with Crippen LogP contribution in [0.1, 0.15) is 11.1 Å². The Labute approximate surface area is 160 Å². The number of rotatable bonds is 7. The molecule has 3 aromatic rings. The summed E-state index contributed by atoms with van der Waals surface area (Å²) < 4.78 is 17.0. The Morgan fingerprint density at radius 3 is 2.81 bits per heavy atom. The lowest BCUT2D eigenvalue weighted by atomic mass is 10.2. The summed E-state index contributed by atoms with van der Waals surface area (Å²) in [5, 5.41) is 9.03. The SMILES string of the molecule is Cn1ncc(/C=C/C(=O)Nc2ccc(CO[P+](=O)O)cc2)c1-c1cccs1. The lowest BCUT2D eigenvalue weighted by molar-refractivity contribution is -0.111. The van der Waals surface area contributed by atoms with E-state index in [1.807, 2.05) is 24.6 Å². The van der Waals surface area contributed by atoms with Gasteiger partial charge in [-0.25, -0.2) is 0 Å². The number of carbonyl (C=O) groups is 1. The van der Waals surface area contributed by atoms with E-state index in [9.17, 15) is 9.36 Å². The van der Waals surface area contributed by atoms with Gasteiger partial charge in [-0.2, -0.15) is 5.10 Å². The van der Waals surface area contributed by atoms with Crippen LogP contribution in [0.5, 0.6) is 0 Å². The van der Waals surface area contributed by atoms with E-state index in [4.69, 9.17) is 4.89 Å². The fourth-order valence-corrected chi connectivity index (χ4v) is 3.54. The number of aryl methyl sites for hydroxylation is 1. The van der Waals surface area contributed by atoms with E-state index in [-0.39, 0.29) is 12.5 Å². The highest BCUT2D eigenvalue weighted by atomic mass is 32.1. The van der Waals surface area contributed by atoms with Crippen LogP contribution in [0.15, 0.2) is 54.1 Å². The average molecular weight is 402 g/mol. The first kappa shape index (κ1) is 19.1. The Bertz CT molecular complexity index is 965. The summed E-state index contributed by atoms with van der Waals surface area (Å²) in [6.45, 7) is 0.0341. The molecule has 2 aromatic heterocycles. The molecule has 27 heavy (non-hydrogen) atoms. The molecule has 1 amide bonds. The number of thiophene rings is 1. The molecular weight excluding hydrogens is 385 g/mol. The van der Waals surface area contributed by atoms with Gasteiger partial charge in [-0.05, 0) is 35.2 Å². The fraction of sp³-hybridized carbons (Fsp3) is 0.111. The van der Waals surface area contributed by atoms with Crippen molar-refractivity contribution < 1.29 is 18.8 Å². The van der Waals surface area contributed by atoms with Crippen LogP contribution in [0.4, 0.5) is 5.69 Å². The van der Waals surface area contributed by atoms with Gasteiger partial charge in [0.2, 0.25) is 5.91 Å². The predicted molar refractivity (Wildman–Crippen MR) is 105 cm³/mol. The first-order chi connectivity index (χ1) is 13.0. The molecule has 0 saturated carbocycles. The van der Waals surface area contributed by atoms with E-state index in [0.717, 1.165) is 21.7 Å². The van der Waals surface area contributed by atoms with E-state index >= 15 is 0 Å². The number of amides is 1. The molecule has 138 valence electrons. The molecule has 0 saturated heterocycles. The normalized spacial score (nSPS) is 11.7. The second-order valence-electron chi connectivity index (χ2n) is 5.58. The van der Waals surface area contributed by atoms with Crippen molar-refractivity contribution in [2.45, 2.75) is 6.61 Å². The van der Waals surface area contributed by atoms with E-state index in [0.29, 0.717) is 5.69 Å². The van der Waals surface area contributed by atoms with E-state index in [1.165, 1.54) is 6.08 Å². The Hall–Kier alpha value is -2.64. The van der Waals surface area contributed by atoms with Gasteiger partial charge in [0.1, 0.15) is 6.61 Å².